The van der Waals surface area contributed by atoms with Crippen molar-refractivity contribution in [3.63, 3.8) is 0 Å². The van der Waals surface area contributed by atoms with Crippen LogP contribution in [0.1, 0.15) is 30.2 Å². The van der Waals surface area contributed by atoms with Crippen LogP contribution in [-0.2, 0) is 9.53 Å². The molecule has 0 N–H and O–H groups in total. The molecule has 0 radical (unpaired) electrons. The first kappa shape index (κ1) is 13.1. The first-order chi connectivity index (χ1) is 8.22. The van der Waals surface area contributed by atoms with Gasteiger partial charge in [0.1, 0.15) is 6.04 Å². The van der Waals surface area contributed by atoms with Crippen LogP contribution < -0.4 is 0 Å². The van der Waals surface area contributed by atoms with E-state index >= 15 is 0 Å². The number of rotatable bonds is 3. The van der Waals surface area contributed by atoms with E-state index in [1.165, 1.54) is 26.4 Å². The van der Waals surface area contributed by atoms with Gasteiger partial charge in [-0.25, -0.2) is 4.79 Å². The molecule has 94 valence electrons. The van der Waals surface area contributed by atoms with E-state index in [1.807, 2.05) is 11.4 Å². The fourth-order valence-electron chi connectivity index (χ4n) is 2.21. The van der Waals surface area contributed by atoms with Crippen molar-refractivity contribution in [2.24, 2.45) is 0 Å². The number of carbonyl (C=O) groups is 1. The van der Waals surface area contributed by atoms with E-state index in [0.717, 1.165) is 22.4 Å². The highest BCUT2D eigenvalue weighted by molar-refractivity contribution is 9.10. The largest absolute Gasteiger partial charge is 0.468 e. The second-order valence-electron chi connectivity index (χ2n) is 4.19. The van der Waals surface area contributed by atoms with E-state index in [2.05, 4.69) is 20.8 Å². The second-order valence-corrected chi connectivity index (χ2v) is 6.05. The Kier molecular flexibility index (Phi) is 4.59. The Labute approximate surface area is 114 Å². The minimum atomic E-state index is -0.225. The lowest BCUT2D eigenvalue weighted by Gasteiger charge is -2.32. The van der Waals surface area contributed by atoms with Crippen molar-refractivity contribution in [1.29, 1.82) is 0 Å². The monoisotopic (exact) mass is 317 g/mol. The van der Waals surface area contributed by atoms with Gasteiger partial charge in [-0.1, -0.05) is 6.42 Å². The predicted molar refractivity (Wildman–Crippen MR) is 72.2 cm³/mol. The summed E-state index contributed by atoms with van der Waals surface area (Å²) >= 11 is 5.04. The molecule has 1 aromatic heterocycles. The van der Waals surface area contributed by atoms with Crippen LogP contribution in [0.5, 0.6) is 0 Å². The van der Waals surface area contributed by atoms with Gasteiger partial charge < -0.3 is 4.74 Å². The summed E-state index contributed by atoms with van der Waals surface area (Å²) in [5.41, 5.74) is 0. The van der Waals surface area contributed by atoms with Crippen LogP contribution >= 0.6 is 27.3 Å². The molecule has 1 atom stereocenters. The molecule has 0 aliphatic carbocycles. The van der Waals surface area contributed by atoms with Gasteiger partial charge in [-0.2, -0.15) is 0 Å². The molecule has 1 fully saturated rings. The summed E-state index contributed by atoms with van der Waals surface area (Å²) < 4.78 is 5.97. The highest BCUT2D eigenvalue weighted by Gasteiger charge is 2.30. The van der Waals surface area contributed by atoms with Crippen LogP contribution in [0.3, 0.4) is 0 Å². The summed E-state index contributed by atoms with van der Waals surface area (Å²) in [6.45, 7) is 1.96. The molecule has 2 rings (SSSR count). The van der Waals surface area contributed by atoms with Gasteiger partial charge in [0.25, 0.3) is 0 Å². The van der Waals surface area contributed by atoms with E-state index in [1.54, 1.807) is 11.3 Å². The number of ether oxygens (including phenoxy) is 1. The number of halogens is 1. The molecular weight excluding hydrogens is 302 g/mol. The molecule has 1 aliphatic heterocycles. The topological polar surface area (TPSA) is 29.5 Å². The SMILES string of the molecule is COC(=O)C(c1cc(Br)cs1)N1CCCCC1. The molecular formula is C12H16BrNO2S. The molecule has 0 amide bonds. The van der Waals surface area contributed by atoms with Crippen molar-refractivity contribution in [2.45, 2.75) is 25.3 Å². The Hall–Kier alpha value is -0.390. The van der Waals surface area contributed by atoms with Gasteiger partial charge in [-0.15, -0.1) is 11.3 Å². The second kappa shape index (κ2) is 5.98. The summed E-state index contributed by atoms with van der Waals surface area (Å²) in [4.78, 5) is 15.2. The van der Waals surface area contributed by atoms with Crippen LogP contribution in [0.15, 0.2) is 15.9 Å². The predicted octanol–water partition coefficient (Wildman–Crippen LogP) is 3.21. The Morgan fingerprint density at radius 2 is 2.18 bits per heavy atom. The van der Waals surface area contributed by atoms with Gasteiger partial charge in [0.05, 0.1) is 7.11 Å². The zero-order valence-electron chi connectivity index (χ0n) is 9.82. The van der Waals surface area contributed by atoms with E-state index in [9.17, 15) is 4.79 Å². The van der Waals surface area contributed by atoms with Crippen molar-refractivity contribution < 1.29 is 9.53 Å². The summed E-state index contributed by atoms with van der Waals surface area (Å²) in [7, 11) is 1.46. The summed E-state index contributed by atoms with van der Waals surface area (Å²) in [6, 6.07) is 1.79. The van der Waals surface area contributed by atoms with Crippen molar-refractivity contribution in [2.75, 3.05) is 20.2 Å². The normalized spacial score (nSPS) is 18.9. The number of hydrogen-bond acceptors (Lipinski definition) is 4. The molecule has 0 saturated carbocycles. The van der Waals surface area contributed by atoms with Crippen molar-refractivity contribution in [3.05, 3.63) is 20.8 Å². The minimum absolute atomic E-state index is 0.152. The molecule has 2 heterocycles. The van der Waals surface area contributed by atoms with E-state index in [4.69, 9.17) is 4.74 Å². The Balaban J connectivity index is 2.21. The minimum Gasteiger partial charge on any atom is -0.468 e. The first-order valence-electron chi connectivity index (χ1n) is 5.78. The van der Waals surface area contributed by atoms with Crippen LogP contribution in [-0.4, -0.2) is 31.1 Å². The third-order valence-electron chi connectivity index (χ3n) is 3.04. The number of carbonyl (C=O) groups excluding carboxylic acids is 1. The molecule has 3 nitrogen and oxygen atoms in total. The lowest BCUT2D eigenvalue weighted by Crippen LogP contribution is -2.38. The number of piperidine rings is 1. The summed E-state index contributed by atoms with van der Waals surface area (Å²) in [6.07, 6.45) is 3.60. The number of methoxy groups -OCH3 is 1. The average molecular weight is 318 g/mol. The maximum absolute atomic E-state index is 11.9. The average Bonchev–Trinajstić information content (AvgIpc) is 2.77. The maximum atomic E-state index is 11.9. The summed E-state index contributed by atoms with van der Waals surface area (Å²) in [5, 5.41) is 2.01. The highest BCUT2D eigenvalue weighted by Crippen LogP contribution is 2.32. The Bertz CT molecular complexity index is 388. The first-order valence-corrected chi connectivity index (χ1v) is 7.45. The quantitative estimate of drug-likeness (QED) is 0.802. The van der Waals surface area contributed by atoms with Crippen LogP contribution in [0.25, 0.3) is 0 Å². The van der Waals surface area contributed by atoms with Gasteiger partial charge in [0, 0.05) is 14.7 Å². The fraction of sp³-hybridized carbons (Fsp3) is 0.583. The molecule has 1 aliphatic rings. The van der Waals surface area contributed by atoms with E-state index < -0.39 is 0 Å². The molecule has 17 heavy (non-hydrogen) atoms. The van der Waals surface area contributed by atoms with Gasteiger partial charge in [-0.05, 0) is 47.9 Å². The van der Waals surface area contributed by atoms with E-state index in [0.29, 0.717) is 0 Å². The molecule has 1 aromatic rings. The third kappa shape index (κ3) is 3.09. The van der Waals surface area contributed by atoms with Crippen molar-refractivity contribution in [3.8, 4) is 0 Å². The van der Waals surface area contributed by atoms with Gasteiger partial charge >= 0.3 is 5.97 Å². The lowest BCUT2D eigenvalue weighted by molar-refractivity contribution is -0.147. The molecule has 0 aromatic carbocycles. The number of nitrogens with zero attached hydrogens (tertiary/aromatic N) is 1. The van der Waals surface area contributed by atoms with Gasteiger partial charge in [0.2, 0.25) is 0 Å². The molecule has 1 saturated heterocycles. The fourth-order valence-corrected chi connectivity index (χ4v) is 3.77. The van der Waals surface area contributed by atoms with Crippen molar-refractivity contribution >= 4 is 33.2 Å². The third-order valence-corrected chi connectivity index (χ3v) is 4.78. The highest BCUT2D eigenvalue weighted by atomic mass is 79.9. The number of esters is 1. The maximum Gasteiger partial charge on any atom is 0.328 e. The standard InChI is InChI=1S/C12H16BrNO2S/c1-16-12(15)11(10-7-9(13)8-17-10)14-5-3-2-4-6-14/h7-8,11H,2-6H2,1H3. The number of hydrogen-bond donors (Lipinski definition) is 0. The van der Waals surface area contributed by atoms with Gasteiger partial charge in [-0.3, -0.25) is 4.90 Å². The molecule has 1 unspecified atom stereocenters. The van der Waals surface area contributed by atoms with Crippen molar-refractivity contribution in [1.82, 2.24) is 4.90 Å². The van der Waals surface area contributed by atoms with Gasteiger partial charge in [0.15, 0.2) is 0 Å². The number of likely N-dealkylation sites (tertiary alicyclic amines) is 1. The Morgan fingerprint density at radius 3 is 2.71 bits per heavy atom. The molecule has 0 bridgehead atoms. The lowest BCUT2D eigenvalue weighted by atomic mass is 10.1. The van der Waals surface area contributed by atoms with Crippen LogP contribution in [0.2, 0.25) is 0 Å². The molecule has 0 spiro atoms. The van der Waals surface area contributed by atoms with E-state index in [-0.39, 0.29) is 12.0 Å². The summed E-state index contributed by atoms with van der Waals surface area (Å²) in [5.74, 6) is -0.152. The number of thiophene rings is 1. The zero-order valence-corrected chi connectivity index (χ0v) is 12.2. The smallest absolute Gasteiger partial charge is 0.328 e. The van der Waals surface area contributed by atoms with Crippen LogP contribution in [0, 0.1) is 0 Å². The van der Waals surface area contributed by atoms with Crippen LogP contribution in [0.4, 0.5) is 0 Å². The Morgan fingerprint density at radius 1 is 1.47 bits per heavy atom. The zero-order chi connectivity index (χ0) is 12.3. The molecule has 5 heteroatoms.